The molecule has 0 spiro atoms. The molecular weight excluding hydrogens is 452 g/mol. The van der Waals surface area contributed by atoms with E-state index in [1.165, 1.54) is 6.07 Å². The Morgan fingerprint density at radius 2 is 1.68 bits per heavy atom. The quantitative estimate of drug-likeness (QED) is 0.389. The summed E-state index contributed by atoms with van der Waals surface area (Å²) in [6.07, 6.45) is 3.27. The van der Waals surface area contributed by atoms with Crippen molar-refractivity contribution < 1.29 is 13.2 Å². The molecule has 0 fully saturated rings. The molecular formula is C24H20N6O3S. The molecule has 0 amide bonds. The van der Waals surface area contributed by atoms with Crippen LogP contribution in [0.4, 0.5) is 5.69 Å². The van der Waals surface area contributed by atoms with Gasteiger partial charge >= 0.3 is 0 Å². The Labute approximate surface area is 196 Å². The lowest BCUT2D eigenvalue weighted by atomic mass is 10.2. The third-order valence-electron chi connectivity index (χ3n) is 5.34. The first-order valence-corrected chi connectivity index (χ1v) is 11.9. The van der Waals surface area contributed by atoms with E-state index >= 15 is 0 Å². The fourth-order valence-corrected chi connectivity index (χ4v) is 4.68. The van der Waals surface area contributed by atoms with Gasteiger partial charge in [-0.05, 0) is 56.3 Å². The second-order valence-corrected chi connectivity index (χ2v) is 9.23. The van der Waals surface area contributed by atoms with Gasteiger partial charge in [-0.25, -0.2) is 13.4 Å². The molecule has 0 bridgehead atoms. The number of imidazole rings is 1. The van der Waals surface area contributed by atoms with Gasteiger partial charge in [0, 0.05) is 29.0 Å². The second-order valence-electron chi connectivity index (χ2n) is 7.58. The van der Waals surface area contributed by atoms with E-state index < -0.39 is 10.0 Å². The normalized spacial score (nSPS) is 11.5. The van der Waals surface area contributed by atoms with Crippen molar-refractivity contribution in [1.82, 2.24) is 24.7 Å². The predicted octanol–water partition coefficient (Wildman–Crippen LogP) is 4.42. The van der Waals surface area contributed by atoms with Crippen LogP contribution in [0.25, 0.3) is 16.7 Å². The molecule has 2 aromatic carbocycles. The zero-order valence-corrected chi connectivity index (χ0v) is 19.2. The molecule has 0 radical (unpaired) electrons. The molecule has 0 unspecified atom stereocenters. The topological polar surface area (TPSA) is 112 Å². The zero-order chi connectivity index (χ0) is 23.7. The van der Waals surface area contributed by atoms with Gasteiger partial charge in [-0.3, -0.25) is 14.3 Å². The van der Waals surface area contributed by atoms with Crippen molar-refractivity contribution in [1.29, 1.82) is 0 Å². The minimum absolute atomic E-state index is 0.115. The van der Waals surface area contributed by atoms with E-state index in [9.17, 15) is 8.42 Å². The molecule has 5 rings (SSSR count). The maximum absolute atomic E-state index is 13.0. The third-order valence-corrected chi connectivity index (χ3v) is 6.75. The minimum Gasteiger partial charge on any atom is -0.438 e. The molecule has 3 heterocycles. The van der Waals surface area contributed by atoms with Crippen LogP contribution in [-0.2, 0) is 10.0 Å². The van der Waals surface area contributed by atoms with Gasteiger partial charge in [-0.15, -0.1) is 10.2 Å². The molecule has 0 aliphatic rings. The molecule has 0 atom stereocenters. The molecule has 0 saturated carbocycles. The summed E-state index contributed by atoms with van der Waals surface area (Å²) in [5, 5.41) is 9.06. The van der Waals surface area contributed by atoms with Gasteiger partial charge in [0.15, 0.2) is 5.82 Å². The van der Waals surface area contributed by atoms with Crippen LogP contribution in [0.5, 0.6) is 11.6 Å². The van der Waals surface area contributed by atoms with Crippen LogP contribution in [0.1, 0.15) is 11.4 Å². The molecule has 0 saturated heterocycles. The largest absolute Gasteiger partial charge is 0.438 e. The molecule has 5 aromatic rings. The Hall–Kier alpha value is -4.31. The number of nitrogens with one attached hydrogen (secondary N) is 1. The number of sulfonamides is 1. The van der Waals surface area contributed by atoms with Crippen molar-refractivity contribution >= 4 is 26.6 Å². The van der Waals surface area contributed by atoms with Gasteiger partial charge < -0.3 is 4.74 Å². The first-order valence-electron chi connectivity index (χ1n) is 10.4. The van der Waals surface area contributed by atoms with E-state index in [2.05, 4.69) is 24.9 Å². The number of aromatic nitrogens is 5. The summed E-state index contributed by atoms with van der Waals surface area (Å²) in [4.78, 5) is 8.60. The number of rotatable bonds is 6. The van der Waals surface area contributed by atoms with Crippen LogP contribution in [0.3, 0.4) is 0 Å². The van der Waals surface area contributed by atoms with Gasteiger partial charge in [0.25, 0.3) is 10.0 Å². The predicted molar refractivity (Wildman–Crippen MR) is 128 cm³/mol. The number of para-hydroxylation sites is 1. The monoisotopic (exact) mass is 472 g/mol. The van der Waals surface area contributed by atoms with Crippen LogP contribution in [-0.4, -0.2) is 33.2 Å². The van der Waals surface area contributed by atoms with Gasteiger partial charge in [0.1, 0.15) is 17.0 Å². The highest BCUT2D eigenvalue weighted by Crippen LogP contribution is 2.26. The summed E-state index contributed by atoms with van der Waals surface area (Å²) in [5.74, 6) is 1.44. The van der Waals surface area contributed by atoms with Crippen molar-refractivity contribution in [3.63, 3.8) is 0 Å². The summed E-state index contributed by atoms with van der Waals surface area (Å²) in [5.41, 5.74) is 2.73. The lowest BCUT2D eigenvalue weighted by Crippen LogP contribution is -2.13. The fourth-order valence-electron chi connectivity index (χ4n) is 3.44. The number of pyridine rings is 1. The van der Waals surface area contributed by atoms with Crippen LogP contribution < -0.4 is 9.46 Å². The van der Waals surface area contributed by atoms with Crippen LogP contribution >= 0.6 is 0 Å². The Kier molecular flexibility index (Phi) is 5.42. The number of nitrogens with zero attached hydrogens (tertiary/aromatic N) is 5. The van der Waals surface area contributed by atoms with Gasteiger partial charge in [0.05, 0.1) is 11.2 Å². The summed E-state index contributed by atoms with van der Waals surface area (Å²) in [6, 6.07) is 18.7. The standard InChI is InChI=1S/C24H20N6O3S/c1-16-17(2)30(15-26-16)22-12-13-23(28-27-22)33-20-10-8-19(9-11-20)29-34(31,32)21-7-3-5-18-6-4-14-25-24(18)21/h3-15,29H,1-2H3. The Bertz CT molecular complexity index is 1570. The highest BCUT2D eigenvalue weighted by Gasteiger charge is 2.18. The summed E-state index contributed by atoms with van der Waals surface area (Å²) in [7, 11) is -3.83. The van der Waals surface area contributed by atoms with E-state index in [1.807, 2.05) is 30.5 Å². The number of anilines is 1. The minimum atomic E-state index is -3.83. The maximum Gasteiger partial charge on any atom is 0.264 e. The first kappa shape index (κ1) is 21.5. The van der Waals surface area contributed by atoms with E-state index in [-0.39, 0.29) is 4.90 Å². The average molecular weight is 473 g/mol. The van der Waals surface area contributed by atoms with E-state index in [1.54, 1.807) is 61.1 Å². The van der Waals surface area contributed by atoms with Crippen LogP contribution in [0.2, 0.25) is 0 Å². The Morgan fingerprint density at radius 1 is 0.882 bits per heavy atom. The fraction of sp³-hybridized carbons (Fsp3) is 0.0833. The number of fused-ring (bicyclic) bond motifs is 1. The lowest BCUT2D eigenvalue weighted by molar-refractivity contribution is 0.454. The first-order chi connectivity index (χ1) is 16.4. The summed E-state index contributed by atoms with van der Waals surface area (Å²) < 4.78 is 36.1. The number of benzene rings is 2. The maximum atomic E-state index is 13.0. The van der Waals surface area contributed by atoms with Crippen molar-refractivity contribution in [3.8, 4) is 17.4 Å². The molecule has 10 heteroatoms. The van der Waals surface area contributed by atoms with Crippen LogP contribution in [0, 0.1) is 13.8 Å². The highest BCUT2D eigenvalue weighted by molar-refractivity contribution is 7.93. The van der Waals surface area contributed by atoms with Crippen molar-refractivity contribution in [2.45, 2.75) is 18.7 Å². The molecule has 3 aromatic heterocycles. The molecule has 0 aliphatic heterocycles. The Balaban J connectivity index is 1.30. The van der Waals surface area contributed by atoms with Crippen molar-refractivity contribution in [2.24, 2.45) is 0 Å². The zero-order valence-electron chi connectivity index (χ0n) is 18.4. The summed E-state index contributed by atoms with van der Waals surface area (Å²) in [6.45, 7) is 3.89. The number of hydrogen-bond donors (Lipinski definition) is 1. The number of aryl methyl sites for hydroxylation is 1. The van der Waals surface area contributed by atoms with Crippen molar-refractivity contribution in [2.75, 3.05) is 4.72 Å². The number of hydrogen-bond acceptors (Lipinski definition) is 7. The van der Waals surface area contributed by atoms with Gasteiger partial charge in [0.2, 0.25) is 5.88 Å². The van der Waals surface area contributed by atoms with E-state index in [0.29, 0.717) is 28.7 Å². The third kappa shape index (κ3) is 4.18. The van der Waals surface area contributed by atoms with Gasteiger partial charge in [-0.2, -0.15) is 0 Å². The van der Waals surface area contributed by atoms with Gasteiger partial charge in [-0.1, -0.05) is 18.2 Å². The van der Waals surface area contributed by atoms with E-state index in [4.69, 9.17) is 4.74 Å². The van der Waals surface area contributed by atoms with Crippen LogP contribution in [0.15, 0.2) is 84.1 Å². The summed E-state index contributed by atoms with van der Waals surface area (Å²) >= 11 is 0. The smallest absolute Gasteiger partial charge is 0.264 e. The molecule has 0 aliphatic carbocycles. The van der Waals surface area contributed by atoms with E-state index in [0.717, 1.165) is 16.8 Å². The number of ether oxygens (including phenoxy) is 1. The highest BCUT2D eigenvalue weighted by atomic mass is 32.2. The molecule has 170 valence electrons. The molecule has 34 heavy (non-hydrogen) atoms. The molecule has 9 nitrogen and oxygen atoms in total. The second kappa shape index (κ2) is 8.56. The van der Waals surface area contributed by atoms with Crippen molar-refractivity contribution in [3.05, 3.63) is 90.6 Å². The Morgan fingerprint density at radius 3 is 2.38 bits per heavy atom. The average Bonchev–Trinajstić information content (AvgIpc) is 3.18. The molecule has 1 N–H and O–H groups in total. The lowest BCUT2D eigenvalue weighted by Gasteiger charge is -2.11. The SMILES string of the molecule is Cc1ncn(-c2ccc(Oc3ccc(NS(=O)(=O)c4cccc5cccnc45)cc3)nn2)c1C.